The lowest BCUT2D eigenvalue weighted by atomic mass is 10.2. The number of nitrogens with zero attached hydrogens (tertiary/aromatic N) is 2. The minimum absolute atomic E-state index is 0.758. The smallest absolute Gasteiger partial charge is 0.171 e. The van der Waals surface area contributed by atoms with E-state index in [1.165, 1.54) is 0 Å². The monoisotopic (exact) mass is 375 g/mol. The molecule has 17 heavy (non-hydrogen) atoms. The van der Waals surface area contributed by atoms with E-state index in [-0.39, 0.29) is 0 Å². The maximum atomic E-state index is 4.52. The van der Waals surface area contributed by atoms with Crippen LogP contribution in [0.4, 0.5) is 5.82 Å². The Morgan fingerprint density at radius 3 is 2.47 bits per heavy atom. The fourth-order valence-electron chi connectivity index (χ4n) is 1.44. The molecule has 0 bridgehead atoms. The number of rotatable bonds is 2. The quantitative estimate of drug-likeness (QED) is 0.844. The van der Waals surface area contributed by atoms with Crippen molar-refractivity contribution in [2.24, 2.45) is 0 Å². The van der Waals surface area contributed by atoms with Crippen molar-refractivity contribution < 1.29 is 0 Å². The summed E-state index contributed by atoms with van der Waals surface area (Å²) in [5, 5.41) is 3.10. The van der Waals surface area contributed by atoms with Crippen LogP contribution in [0.2, 0.25) is 0 Å². The minimum atomic E-state index is 0.758. The van der Waals surface area contributed by atoms with E-state index in [0.717, 1.165) is 36.0 Å². The highest BCUT2D eigenvalue weighted by molar-refractivity contribution is 9.13. The molecule has 0 saturated carbocycles. The summed E-state index contributed by atoms with van der Waals surface area (Å²) in [5.41, 5.74) is 2.09. The first-order chi connectivity index (χ1) is 8.02. The molecule has 0 aliphatic rings. The van der Waals surface area contributed by atoms with Gasteiger partial charge in [-0.05, 0) is 51.8 Å². The Hall–Kier alpha value is -0.460. The molecule has 2 rings (SSSR count). The summed E-state index contributed by atoms with van der Waals surface area (Å²) < 4.78 is 2.09. The molecule has 90 valence electrons. The van der Waals surface area contributed by atoms with Crippen molar-refractivity contribution in [2.75, 3.05) is 12.4 Å². The van der Waals surface area contributed by atoms with Crippen LogP contribution in [0.3, 0.4) is 0 Å². The molecule has 2 aromatic heterocycles. The van der Waals surface area contributed by atoms with Crippen molar-refractivity contribution in [1.29, 1.82) is 0 Å². The molecule has 1 N–H and O–H groups in total. The second kappa shape index (κ2) is 5.04. The molecule has 0 aliphatic heterocycles. The van der Waals surface area contributed by atoms with Crippen molar-refractivity contribution in [3.05, 3.63) is 25.6 Å². The average Bonchev–Trinajstić information content (AvgIpc) is 2.63. The van der Waals surface area contributed by atoms with Crippen LogP contribution in [0.25, 0.3) is 10.7 Å². The summed E-state index contributed by atoms with van der Waals surface area (Å²) in [6, 6.07) is 2.03. The lowest BCUT2D eigenvalue weighted by molar-refractivity contribution is 1.07. The topological polar surface area (TPSA) is 37.8 Å². The zero-order valence-corrected chi connectivity index (χ0v) is 13.6. The van der Waals surface area contributed by atoms with Crippen LogP contribution in [0.15, 0.2) is 14.3 Å². The molecule has 0 spiro atoms. The third-order valence-electron chi connectivity index (χ3n) is 2.49. The number of anilines is 1. The van der Waals surface area contributed by atoms with Crippen molar-refractivity contribution >= 4 is 49.0 Å². The third kappa shape index (κ3) is 2.53. The van der Waals surface area contributed by atoms with Gasteiger partial charge in [-0.1, -0.05) is 0 Å². The zero-order valence-electron chi connectivity index (χ0n) is 9.64. The number of nitrogens with one attached hydrogen (secondary N) is 1. The van der Waals surface area contributed by atoms with Gasteiger partial charge in [0.15, 0.2) is 5.82 Å². The maximum Gasteiger partial charge on any atom is 0.171 e. The predicted molar refractivity (Wildman–Crippen MR) is 79.8 cm³/mol. The van der Waals surface area contributed by atoms with Crippen LogP contribution in [0.5, 0.6) is 0 Å². The number of aromatic nitrogens is 2. The van der Waals surface area contributed by atoms with Crippen LogP contribution >= 0.6 is 43.2 Å². The first-order valence-electron chi connectivity index (χ1n) is 5.01. The van der Waals surface area contributed by atoms with Crippen molar-refractivity contribution in [3.63, 3.8) is 0 Å². The van der Waals surface area contributed by atoms with Gasteiger partial charge in [0, 0.05) is 22.8 Å². The van der Waals surface area contributed by atoms with Crippen LogP contribution in [-0.2, 0) is 0 Å². The third-order valence-corrected chi connectivity index (χ3v) is 5.74. The zero-order chi connectivity index (χ0) is 12.6. The highest BCUT2D eigenvalue weighted by Gasteiger charge is 2.12. The molecule has 0 aliphatic carbocycles. The van der Waals surface area contributed by atoms with Crippen LogP contribution in [-0.4, -0.2) is 17.0 Å². The van der Waals surface area contributed by atoms with E-state index >= 15 is 0 Å². The van der Waals surface area contributed by atoms with E-state index in [1.54, 1.807) is 11.3 Å². The minimum Gasteiger partial charge on any atom is -0.373 e. The molecule has 3 nitrogen and oxygen atoms in total. The molecule has 2 heterocycles. The van der Waals surface area contributed by atoms with Gasteiger partial charge in [-0.2, -0.15) is 0 Å². The standard InChI is InChI=1S/C11H11Br2N3S/c1-5-6(2)15-11(16-10(5)14-3)8-4-7(12)9(13)17-8/h4H,1-3H3,(H,14,15,16). The highest BCUT2D eigenvalue weighted by Crippen LogP contribution is 2.37. The number of hydrogen-bond acceptors (Lipinski definition) is 4. The van der Waals surface area contributed by atoms with E-state index in [0.29, 0.717) is 0 Å². The van der Waals surface area contributed by atoms with Crippen molar-refractivity contribution in [1.82, 2.24) is 9.97 Å². The fraction of sp³-hybridized carbons (Fsp3) is 0.273. The molecular weight excluding hydrogens is 366 g/mol. The van der Waals surface area contributed by atoms with Gasteiger partial charge in [0.25, 0.3) is 0 Å². The van der Waals surface area contributed by atoms with Gasteiger partial charge < -0.3 is 5.32 Å². The fourth-order valence-corrected chi connectivity index (χ4v) is 3.41. The summed E-state index contributed by atoms with van der Waals surface area (Å²) in [6.45, 7) is 4.02. The summed E-state index contributed by atoms with van der Waals surface area (Å²) in [4.78, 5) is 10.1. The highest BCUT2D eigenvalue weighted by atomic mass is 79.9. The Balaban J connectivity index is 2.56. The first kappa shape index (κ1) is 13.0. The van der Waals surface area contributed by atoms with Crippen LogP contribution in [0.1, 0.15) is 11.3 Å². The Morgan fingerprint density at radius 2 is 1.94 bits per heavy atom. The lowest BCUT2D eigenvalue weighted by Gasteiger charge is -2.08. The number of aryl methyl sites for hydroxylation is 1. The van der Waals surface area contributed by atoms with E-state index in [9.17, 15) is 0 Å². The SMILES string of the molecule is CNc1nc(-c2cc(Br)c(Br)s2)nc(C)c1C. The number of halogens is 2. The molecule has 2 aromatic rings. The number of hydrogen-bond donors (Lipinski definition) is 1. The van der Waals surface area contributed by atoms with Gasteiger partial charge in [-0.25, -0.2) is 9.97 Å². The predicted octanol–water partition coefficient (Wildman–Crippen LogP) is 4.39. The Morgan fingerprint density at radius 1 is 1.24 bits per heavy atom. The first-order valence-corrected chi connectivity index (χ1v) is 7.41. The second-order valence-electron chi connectivity index (χ2n) is 3.59. The molecule has 0 atom stereocenters. The Bertz CT molecular complexity index is 547. The molecule has 6 heteroatoms. The van der Waals surface area contributed by atoms with Gasteiger partial charge in [-0.15, -0.1) is 11.3 Å². The lowest BCUT2D eigenvalue weighted by Crippen LogP contribution is -2.02. The summed E-state index contributed by atoms with van der Waals surface area (Å²) >= 11 is 8.57. The van der Waals surface area contributed by atoms with E-state index < -0.39 is 0 Å². The molecule has 0 amide bonds. The number of thiophene rings is 1. The van der Waals surface area contributed by atoms with Gasteiger partial charge in [0.05, 0.1) is 8.66 Å². The van der Waals surface area contributed by atoms with Crippen molar-refractivity contribution in [2.45, 2.75) is 13.8 Å². The van der Waals surface area contributed by atoms with Crippen molar-refractivity contribution in [3.8, 4) is 10.7 Å². The Kier molecular flexibility index (Phi) is 3.85. The van der Waals surface area contributed by atoms with Crippen LogP contribution in [0, 0.1) is 13.8 Å². The molecule has 0 aromatic carbocycles. The van der Waals surface area contributed by atoms with Gasteiger partial charge >= 0.3 is 0 Å². The van der Waals surface area contributed by atoms with E-state index in [2.05, 4.69) is 47.1 Å². The molecular formula is C11H11Br2N3S. The van der Waals surface area contributed by atoms with E-state index in [4.69, 9.17) is 0 Å². The normalized spacial score (nSPS) is 10.6. The summed E-state index contributed by atoms with van der Waals surface area (Å²) in [7, 11) is 1.87. The average molecular weight is 377 g/mol. The summed E-state index contributed by atoms with van der Waals surface area (Å²) in [5.74, 6) is 1.64. The molecule has 0 unspecified atom stereocenters. The van der Waals surface area contributed by atoms with Gasteiger partial charge in [0.2, 0.25) is 0 Å². The molecule has 0 radical (unpaired) electrons. The van der Waals surface area contributed by atoms with Gasteiger partial charge in [0.1, 0.15) is 5.82 Å². The molecule has 0 fully saturated rings. The van der Waals surface area contributed by atoms with E-state index in [1.807, 2.05) is 27.0 Å². The molecule has 0 saturated heterocycles. The maximum absolute atomic E-state index is 4.52. The second-order valence-corrected chi connectivity index (χ2v) is 6.81. The van der Waals surface area contributed by atoms with Crippen LogP contribution < -0.4 is 5.32 Å². The van der Waals surface area contributed by atoms with Gasteiger partial charge in [-0.3, -0.25) is 0 Å². The largest absolute Gasteiger partial charge is 0.373 e. The Labute approximate surface area is 121 Å². The summed E-state index contributed by atoms with van der Waals surface area (Å²) in [6.07, 6.45) is 0.